The molecule has 9 aromatic carbocycles. The van der Waals surface area contributed by atoms with Crippen LogP contribution in [-0.4, -0.2) is 8.07 Å². The second-order valence-electron chi connectivity index (χ2n) is 18.3. The molecule has 0 bridgehead atoms. The number of hydrogen-bond donors (Lipinski definition) is 0. The highest BCUT2D eigenvalue weighted by Crippen LogP contribution is 2.44. The summed E-state index contributed by atoms with van der Waals surface area (Å²) in [5, 5.41) is 4.08. The minimum Gasteiger partial charge on any atom is -0.207 e. The lowest BCUT2D eigenvalue weighted by atomic mass is 9.98. The van der Waals surface area contributed by atoms with Gasteiger partial charge in [0.2, 0.25) is 0 Å². The fraction of sp³-hybridized carbons (Fsp3) is 0.0794. The van der Waals surface area contributed by atoms with Gasteiger partial charge in [-0.2, -0.15) is 0 Å². The van der Waals surface area contributed by atoms with Crippen molar-refractivity contribution in [3.63, 3.8) is 0 Å². The van der Waals surface area contributed by atoms with Gasteiger partial charge < -0.3 is 0 Å². The Morgan fingerprint density at radius 1 is 0.271 bits per heavy atom. The third-order valence-corrected chi connectivity index (χ3v) is 19.3. The molecule has 1 unspecified atom stereocenters. The largest absolute Gasteiger partial charge is 0.207 e. The van der Waals surface area contributed by atoms with E-state index < -0.39 is 8.07 Å². The summed E-state index contributed by atoms with van der Waals surface area (Å²) in [4.78, 5) is 0. The van der Waals surface area contributed by atoms with Gasteiger partial charge in [-0.25, -0.2) is 26.3 Å². The van der Waals surface area contributed by atoms with E-state index in [1.807, 2.05) is 0 Å². The number of benzene rings is 9. The lowest BCUT2D eigenvalue weighted by molar-refractivity contribution is 0.627. The molecule has 0 radical (unpaired) electrons. The lowest BCUT2D eigenvalue weighted by Gasteiger charge is -2.40. The zero-order valence-corrected chi connectivity index (χ0v) is 39.9. The molecule has 0 aliphatic heterocycles. The molecule has 0 saturated carbocycles. The van der Waals surface area contributed by atoms with Gasteiger partial charge in [-0.05, 0) is 206 Å². The Bertz CT molecular complexity index is 2960. The number of halogens is 6. The molecule has 0 spiro atoms. The topological polar surface area (TPSA) is 0 Å². The van der Waals surface area contributed by atoms with Gasteiger partial charge in [0.1, 0.15) is 34.9 Å². The van der Waals surface area contributed by atoms with Crippen LogP contribution in [0.5, 0.6) is 0 Å². The summed E-state index contributed by atoms with van der Waals surface area (Å²) in [6.07, 6.45) is 0. The Labute approximate surface area is 405 Å². The third-order valence-electron chi connectivity index (χ3n) is 14.2. The van der Waals surface area contributed by atoms with Crippen molar-refractivity contribution in [1.29, 1.82) is 0 Å². The van der Waals surface area contributed by atoms with Crippen molar-refractivity contribution in [2.24, 2.45) is 5.92 Å². The van der Waals surface area contributed by atoms with Crippen LogP contribution in [0.15, 0.2) is 222 Å². The lowest BCUT2D eigenvalue weighted by Crippen LogP contribution is -2.69. The molecule has 1 aliphatic carbocycles. The van der Waals surface area contributed by atoms with E-state index in [1.54, 1.807) is 72.8 Å². The molecular weight excluding hydrogens is 899 g/mol. The Balaban J connectivity index is 1.44. The molecule has 0 nitrogen and oxygen atoms in total. The monoisotopic (exact) mass is 944 g/mol. The number of hydrogen-bond acceptors (Lipinski definition) is 0. The Kier molecular flexibility index (Phi) is 12.2. The van der Waals surface area contributed by atoms with Crippen LogP contribution in [0.4, 0.5) is 26.3 Å². The molecule has 9 aromatic rings. The van der Waals surface area contributed by atoms with Gasteiger partial charge in [0.15, 0.2) is 8.07 Å². The van der Waals surface area contributed by atoms with E-state index in [-0.39, 0.29) is 40.8 Å². The van der Waals surface area contributed by atoms with Crippen molar-refractivity contribution in [2.45, 2.75) is 27.7 Å². The maximum Gasteiger partial charge on any atom is 0.176 e. The smallest absolute Gasteiger partial charge is 0.176 e. The van der Waals surface area contributed by atoms with Crippen molar-refractivity contribution >= 4 is 23.6 Å². The zero-order chi connectivity index (χ0) is 48.8. The van der Waals surface area contributed by atoms with Gasteiger partial charge in [-0.15, -0.1) is 0 Å². The minimum absolute atomic E-state index is 0.0945. The minimum atomic E-state index is -3.86. The fourth-order valence-corrected chi connectivity index (χ4v) is 16.1. The molecule has 10 rings (SSSR count). The van der Waals surface area contributed by atoms with Crippen LogP contribution < -0.4 is 15.6 Å². The molecule has 344 valence electrons. The quantitative estimate of drug-likeness (QED) is 0.0728. The van der Waals surface area contributed by atoms with E-state index in [0.29, 0.717) is 0 Å². The van der Waals surface area contributed by atoms with Gasteiger partial charge in [0, 0.05) is 0 Å². The van der Waals surface area contributed by atoms with Gasteiger partial charge in [-0.1, -0.05) is 132 Å². The van der Waals surface area contributed by atoms with Gasteiger partial charge in [0.25, 0.3) is 0 Å². The molecule has 1 aliphatic rings. The molecule has 1 atom stereocenters. The first-order chi connectivity index (χ1) is 33.7. The van der Waals surface area contributed by atoms with Crippen molar-refractivity contribution in [2.75, 3.05) is 0 Å². The maximum absolute atomic E-state index is 14.7. The third kappa shape index (κ3) is 8.67. The Morgan fingerprint density at radius 3 is 0.643 bits per heavy atom. The van der Waals surface area contributed by atoms with Crippen molar-refractivity contribution in [1.82, 2.24) is 0 Å². The van der Waals surface area contributed by atoms with Crippen LogP contribution in [-0.2, 0) is 0 Å². The van der Waals surface area contributed by atoms with E-state index in [1.165, 1.54) is 83.6 Å². The molecule has 0 saturated heterocycles. The van der Waals surface area contributed by atoms with E-state index >= 15 is 0 Å². The van der Waals surface area contributed by atoms with Crippen molar-refractivity contribution < 1.29 is 26.3 Å². The fourth-order valence-electron chi connectivity index (χ4n) is 10.3. The first-order valence-corrected chi connectivity index (χ1v) is 25.2. The number of allylic oxidation sites excluding steroid dienone is 4. The SMILES string of the molecule is CC1=C(C)C(C)C([Si](c2cc(-c3ccc(F)cc3)cc(-c3ccc(F)cc3)c2)(c2cc(-c3ccc(F)cc3)cc(-c3ccc(F)cc3)c2)c2cc(-c3ccc(F)cc3)cc(-c3ccc(F)cc3)c2)=C1C. The normalized spacial score (nSPS) is 13.9. The van der Waals surface area contributed by atoms with Crippen LogP contribution in [0.3, 0.4) is 0 Å². The number of rotatable bonds is 10. The first-order valence-electron chi connectivity index (χ1n) is 23.2. The summed E-state index contributed by atoms with van der Waals surface area (Å²) >= 11 is 0. The van der Waals surface area contributed by atoms with Crippen molar-refractivity contribution in [3.8, 4) is 66.8 Å². The molecule has 0 heterocycles. The molecule has 0 N–H and O–H groups in total. The predicted molar refractivity (Wildman–Crippen MR) is 277 cm³/mol. The summed E-state index contributed by atoms with van der Waals surface area (Å²) in [7, 11) is -3.86. The molecule has 70 heavy (non-hydrogen) atoms. The highest BCUT2D eigenvalue weighted by atomic mass is 28.3. The van der Waals surface area contributed by atoms with E-state index in [9.17, 15) is 26.3 Å². The average molecular weight is 945 g/mol. The van der Waals surface area contributed by atoms with Crippen LogP contribution in [0.1, 0.15) is 27.7 Å². The van der Waals surface area contributed by atoms with Crippen LogP contribution in [0.25, 0.3) is 66.8 Å². The molecule has 0 fully saturated rings. The molecule has 0 amide bonds. The summed E-state index contributed by atoms with van der Waals surface area (Å²) in [5.41, 5.74) is 12.9. The second kappa shape index (κ2) is 18.6. The van der Waals surface area contributed by atoms with Gasteiger partial charge in [0.05, 0.1) is 0 Å². The Hall–Kier alpha value is -7.74. The van der Waals surface area contributed by atoms with Crippen LogP contribution >= 0.6 is 0 Å². The maximum atomic E-state index is 14.7. The van der Waals surface area contributed by atoms with E-state index in [0.717, 1.165) is 93.5 Å². The van der Waals surface area contributed by atoms with Crippen LogP contribution in [0, 0.1) is 40.8 Å². The molecule has 7 heteroatoms. The summed E-state index contributed by atoms with van der Waals surface area (Å²) in [6.45, 7) is 8.75. The summed E-state index contributed by atoms with van der Waals surface area (Å²) in [5.74, 6) is -2.36. The first kappa shape index (κ1) is 46.0. The van der Waals surface area contributed by atoms with Gasteiger partial charge in [-0.3, -0.25) is 0 Å². The standard InChI is InChI=1S/C63H46F6Si/c1-38-39(2)41(4)63(40(38)3)70(60-32-48(42-5-17-54(64)18-6-42)29-49(33-60)43-7-19-55(65)20-8-43,61-34-50(44-9-21-56(66)22-10-44)30-51(35-61)45-11-23-57(67)24-12-45)62-36-52(46-13-25-58(68)26-14-46)31-53(37-62)47-15-27-59(69)28-16-47/h5-37,40H,1-4H3. The molecule has 0 aromatic heterocycles. The predicted octanol–water partition coefficient (Wildman–Crippen LogP) is 15.8. The average Bonchev–Trinajstić information content (AvgIpc) is 3.56. The van der Waals surface area contributed by atoms with E-state index in [4.69, 9.17) is 0 Å². The molecular formula is C63H46F6Si. The van der Waals surface area contributed by atoms with E-state index in [2.05, 4.69) is 82.3 Å². The van der Waals surface area contributed by atoms with Gasteiger partial charge >= 0.3 is 0 Å². The summed E-state index contributed by atoms with van der Waals surface area (Å²) < 4.78 is 88.4. The highest BCUT2D eigenvalue weighted by Gasteiger charge is 2.49. The summed E-state index contributed by atoms with van der Waals surface area (Å²) in [6, 6.07) is 57.7. The Morgan fingerprint density at radius 2 is 0.471 bits per heavy atom. The zero-order valence-electron chi connectivity index (χ0n) is 38.9. The van der Waals surface area contributed by atoms with Crippen LogP contribution in [0.2, 0.25) is 0 Å². The highest BCUT2D eigenvalue weighted by molar-refractivity contribution is 7.16. The second-order valence-corrected chi connectivity index (χ2v) is 22.0. The van der Waals surface area contributed by atoms with Crippen molar-refractivity contribution in [3.05, 3.63) is 257 Å².